The highest BCUT2D eigenvalue weighted by atomic mass is 32.2. The van der Waals surface area contributed by atoms with Gasteiger partial charge in [0, 0.05) is 4.90 Å². The van der Waals surface area contributed by atoms with E-state index in [9.17, 15) is 8.60 Å². The van der Waals surface area contributed by atoms with Crippen LogP contribution in [-0.2, 0) is 10.8 Å². The molecule has 1 aromatic carbocycles. The lowest BCUT2D eigenvalue weighted by Gasteiger charge is -1.93. The first-order chi connectivity index (χ1) is 5.24. The van der Waals surface area contributed by atoms with Crippen molar-refractivity contribution in [1.82, 2.24) is 0 Å². The normalized spacial score (nSPS) is 12.5. The summed E-state index contributed by atoms with van der Waals surface area (Å²) in [7, 11) is -1.42. The monoisotopic (exact) mass is 171 g/mol. The van der Waals surface area contributed by atoms with Gasteiger partial charge in [-0.05, 0) is 24.3 Å². The quantitative estimate of drug-likeness (QED) is 0.532. The lowest BCUT2D eigenvalue weighted by Crippen LogP contribution is -1.90. The summed E-state index contributed by atoms with van der Waals surface area (Å²) in [6, 6.07) is 5.24. The van der Waals surface area contributed by atoms with Crippen LogP contribution in [0.1, 0.15) is 0 Å². The van der Waals surface area contributed by atoms with Crippen LogP contribution in [0.4, 0.5) is 4.39 Å². The predicted octanol–water partition coefficient (Wildman–Crippen LogP) is 1.54. The Morgan fingerprint density at radius 1 is 1.36 bits per heavy atom. The van der Waals surface area contributed by atoms with Crippen molar-refractivity contribution in [2.45, 2.75) is 4.90 Å². The van der Waals surface area contributed by atoms with E-state index in [1.54, 1.807) is 0 Å². The Bertz CT molecular complexity index is 283. The van der Waals surface area contributed by atoms with Gasteiger partial charge in [-0.2, -0.15) is 0 Å². The number of benzene rings is 1. The molecule has 0 aliphatic heterocycles. The van der Waals surface area contributed by atoms with E-state index < -0.39 is 10.8 Å². The van der Waals surface area contributed by atoms with Crippen LogP contribution in [-0.4, -0.2) is 9.76 Å². The Balaban J connectivity index is 2.98. The molecular formula is C7H6FNOS. The van der Waals surface area contributed by atoms with E-state index in [1.165, 1.54) is 24.3 Å². The van der Waals surface area contributed by atoms with Crippen molar-refractivity contribution in [3.8, 4) is 0 Å². The molecule has 0 aromatic heterocycles. The molecule has 1 rings (SSSR count). The molecule has 0 fully saturated rings. The Hall–Kier alpha value is -1.03. The fraction of sp³-hybridized carbons (Fsp3) is 0. The zero-order chi connectivity index (χ0) is 8.27. The maximum absolute atomic E-state index is 12.3. The van der Waals surface area contributed by atoms with Crippen molar-refractivity contribution in [2.75, 3.05) is 0 Å². The Morgan fingerprint density at radius 3 is 2.36 bits per heavy atom. The van der Waals surface area contributed by atoms with Crippen LogP contribution in [0, 0.1) is 11.2 Å². The van der Waals surface area contributed by atoms with Crippen molar-refractivity contribution >= 4 is 16.3 Å². The highest BCUT2D eigenvalue weighted by Gasteiger charge is 1.98. The summed E-state index contributed by atoms with van der Waals surface area (Å²) in [6.07, 6.45) is 0. The van der Waals surface area contributed by atoms with Crippen molar-refractivity contribution in [2.24, 2.45) is 0 Å². The topological polar surface area (TPSA) is 40.9 Å². The van der Waals surface area contributed by atoms with Gasteiger partial charge in [-0.25, -0.2) is 8.60 Å². The van der Waals surface area contributed by atoms with Gasteiger partial charge >= 0.3 is 0 Å². The summed E-state index contributed by atoms with van der Waals surface area (Å²) in [5.74, 6) is -0.365. The van der Waals surface area contributed by atoms with E-state index in [4.69, 9.17) is 5.41 Å². The van der Waals surface area contributed by atoms with Gasteiger partial charge in [-0.1, -0.05) is 0 Å². The van der Waals surface area contributed by atoms with Gasteiger partial charge < -0.3 is 0 Å². The van der Waals surface area contributed by atoms with Gasteiger partial charge in [-0.3, -0.25) is 5.41 Å². The third-order valence-electron chi connectivity index (χ3n) is 1.15. The van der Waals surface area contributed by atoms with E-state index >= 15 is 0 Å². The minimum atomic E-state index is -1.42. The summed E-state index contributed by atoms with van der Waals surface area (Å²) < 4.78 is 23.2. The van der Waals surface area contributed by atoms with Gasteiger partial charge in [0.2, 0.25) is 0 Å². The highest BCUT2D eigenvalue weighted by Crippen LogP contribution is 2.05. The zero-order valence-corrected chi connectivity index (χ0v) is 6.40. The minimum Gasteiger partial charge on any atom is -0.299 e. The van der Waals surface area contributed by atoms with Gasteiger partial charge in [0.1, 0.15) is 5.82 Å². The van der Waals surface area contributed by atoms with Crippen LogP contribution in [0.2, 0.25) is 0 Å². The lowest BCUT2D eigenvalue weighted by molar-refractivity contribution is 0.626. The molecule has 4 heteroatoms. The molecule has 0 saturated heterocycles. The van der Waals surface area contributed by atoms with Crippen molar-refractivity contribution in [1.29, 1.82) is 5.41 Å². The van der Waals surface area contributed by atoms with Crippen LogP contribution in [0.25, 0.3) is 0 Å². The van der Waals surface area contributed by atoms with Crippen LogP contribution < -0.4 is 0 Å². The Labute approximate surface area is 66.0 Å². The molecule has 0 saturated carbocycles. The molecule has 1 atom stereocenters. The average molecular weight is 171 g/mol. The van der Waals surface area contributed by atoms with Gasteiger partial charge in [0.15, 0.2) is 0 Å². The van der Waals surface area contributed by atoms with Gasteiger partial charge in [0.05, 0.1) is 16.3 Å². The van der Waals surface area contributed by atoms with Gasteiger partial charge in [-0.15, -0.1) is 0 Å². The van der Waals surface area contributed by atoms with E-state index in [0.29, 0.717) is 4.90 Å². The predicted molar refractivity (Wildman–Crippen MR) is 41.6 cm³/mol. The Kier molecular flexibility index (Phi) is 2.48. The maximum atomic E-state index is 12.3. The Morgan fingerprint density at radius 2 is 1.91 bits per heavy atom. The molecule has 58 valence electrons. The van der Waals surface area contributed by atoms with Crippen molar-refractivity contribution in [3.05, 3.63) is 30.1 Å². The second-order valence-electron chi connectivity index (χ2n) is 1.87. The first-order valence-corrected chi connectivity index (χ1v) is 4.12. The molecule has 2 nitrogen and oxygen atoms in total. The van der Waals surface area contributed by atoms with Crippen molar-refractivity contribution in [3.63, 3.8) is 0 Å². The molecule has 0 aliphatic carbocycles. The van der Waals surface area contributed by atoms with Crippen LogP contribution in [0.3, 0.4) is 0 Å². The fourth-order valence-corrected chi connectivity index (χ4v) is 1.18. The lowest BCUT2D eigenvalue weighted by atomic mass is 10.4. The fourth-order valence-electron chi connectivity index (χ4n) is 0.637. The maximum Gasteiger partial charge on any atom is 0.123 e. The third-order valence-corrected chi connectivity index (χ3v) is 2.10. The standard InChI is InChI=1S/C7H6FNOS/c8-6-1-3-7(4-2-6)11(10)5-9/h1-5,9H. The molecule has 11 heavy (non-hydrogen) atoms. The molecule has 0 radical (unpaired) electrons. The largest absolute Gasteiger partial charge is 0.299 e. The molecule has 0 amide bonds. The number of nitrogens with one attached hydrogen (secondary N) is 1. The molecule has 0 aliphatic rings. The second kappa shape index (κ2) is 3.39. The van der Waals surface area contributed by atoms with Crippen LogP contribution in [0.5, 0.6) is 0 Å². The van der Waals surface area contributed by atoms with Crippen LogP contribution in [0.15, 0.2) is 29.2 Å². The third kappa shape index (κ3) is 1.94. The van der Waals surface area contributed by atoms with E-state index in [2.05, 4.69) is 0 Å². The summed E-state index contributed by atoms with van der Waals surface area (Å²) in [5, 5.41) is 6.68. The number of hydrogen-bond donors (Lipinski definition) is 1. The molecule has 1 aromatic rings. The summed E-state index contributed by atoms with van der Waals surface area (Å²) >= 11 is 0. The summed E-state index contributed by atoms with van der Waals surface area (Å²) in [4.78, 5) is 0.446. The van der Waals surface area contributed by atoms with E-state index in [0.717, 1.165) is 5.55 Å². The molecule has 1 unspecified atom stereocenters. The number of hydrogen-bond acceptors (Lipinski definition) is 2. The van der Waals surface area contributed by atoms with Crippen molar-refractivity contribution < 1.29 is 8.60 Å². The molecule has 0 spiro atoms. The molecule has 0 heterocycles. The summed E-state index contributed by atoms with van der Waals surface area (Å²) in [5.41, 5.74) is 0.813. The summed E-state index contributed by atoms with van der Waals surface area (Å²) in [6.45, 7) is 0. The average Bonchev–Trinajstić information content (AvgIpc) is 2.05. The molecular weight excluding hydrogens is 165 g/mol. The second-order valence-corrected chi connectivity index (χ2v) is 3.17. The number of rotatable bonds is 2. The minimum absolute atomic E-state index is 0.365. The first-order valence-electron chi connectivity index (χ1n) is 2.91. The molecule has 0 bridgehead atoms. The first kappa shape index (κ1) is 8.07. The highest BCUT2D eigenvalue weighted by molar-refractivity contribution is 7.98. The smallest absolute Gasteiger partial charge is 0.123 e. The number of halogens is 1. The van der Waals surface area contributed by atoms with E-state index in [1.807, 2.05) is 0 Å². The molecule has 1 N–H and O–H groups in total. The van der Waals surface area contributed by atoms with Crippen LogP contribution >= 0.6 is 0 Å². The SMILES string of the molecule is N=CS(=O)c1ccc(F)cc1. The van der Waals surface area contributed by atoms with Gasteiger partial charge in [0.25, 0.3) is 0 Å². The van der Waals surface area contributed by atoms with E-state index in [-0.39, 0.29) is 5.82 Å². The zero-order valence-electron chi connectivity index (χ0n) is 5.58.